The van der Waals surface area contributed by atoms with E-state index in [0.717, 1.165) is 25.9 Å². The SMILES string of the molecule is O=C(COc1coc(CN2CCCCC2)cc1=O)NCc1ccccc1F. The van der Waals surface area contributed by atoms with E-state index in [0.29, 0.717) is 17.9 Å². The molecule has 1 saturated heterocycles. The highest BCUT2D eigenvalue weighted by Gasteiger charge is 2.13. The lowest BCUT2D eigenvalue weighted by molar-refractivity contribution is -0.123. The Kier molecular flexibility index (Phi) is 6.59. The van der Waals surface area contributed by atoms with E-state index >= 15 is 0 Å². The van der Waals surface area contributed by atoms with E-state index in [9.17, 15) is 14.0 Å². The van der Waals surface area contributed by atoms with Gasteiger partial charge in [0.05, 0.1) is 6.54 Å². The predicted octanol–water partition coefficient (Wildman–Crippen LogP) is 2.46. The molecular formula is C20H23FN2O4. The summed E-state index contributed by atoms with van der Waals surface area (Å²) in [6.45, 7) is 2.32. The molecule has 1 aromatic carbocycles. The molecule has 1 amide bonds. The van der Waals surface area contributed by atoms with Crippen LogP contribution >= 0.6 is 0 Å². The van der Waals surface area contributed by atoms with Crippen molar-refractivity contribution in [2.75, 3.05) is 19.7 Å². The number of ether oxygens (including phenoxy) is 1. The number of halogens is 1. The number of hydrogen-bond acceptors (Lipinski definition) is 5. The number of rotatable bonds is 7. The molecule has 6 nitrogen and oxygen atoms in total. The number of likely N-dealkylation sites (tertiary alicyclic amines) is 1. The van der Waals surface area contributed by atoms with Crippen LogP contribution in [0.3, 0.4) is 0 Å². The summed E-state index contributed by atoms with van der Waals surface area (Å²) >= 11 is 0. The summed E-state index contributed by atoms with van der Waals surface area (Å²) in [5.41, 5.74) is 0.0580. The third-order valence-corrected chi connectivity index (χ3v) is 4.47. The number of benzene rings is 1. The van der Waals surface area contributed by atoms with Crippen LogP contribution in [0.5, 0.6) is 5.75 Å². The second-order valence-corrected chi connectivity index (χ2v) is 6.57. The van der Waals surface area contributed by atoms with Crippen molar-refractivity contribution in [1.29, 1.82) is 0 Å². The Morgan fingerprint density at radius 2 is 2.00 bits per heavy atom. The molecule has 1 fully saturated rings. The van der Waals surface area contributed by atoms with E-state index in [1.54, 1.807) is 18.2 Å². The zero-order chi connectivity index (χ0) is 19.1. The third-order valence-electron chi connectivity index (χ3n) is 4.47. The summed E-state index contributed by atoms with van der Waals surface area (Å²) in [6, 6.07) is 7.59. The van der Waals surface area contributed by atoms with Gasteiger partial charge in [-0.05, 0) is 32.0 Å². The maximum atomic E-state index is 13.5. The smallest absolute Gasteiger partial charge is 0.258 e. The first-order valence-electron chi connectivity index (χ1n) is 9.09. The zero-order valence-electron chi connectivity index (χ0n) is 15.1. The molecule has 144 valence electrons. The molecule has 1 aliphatic rings. The highest BCUT2D eigenvalue weighted by Crippen LogP contribution is 2.13. The minimum Gasteiger partial charge on any atom is -0.477 e. The van der Waals surface area contributed by atoms with E-state index in [1.807, 2.05) is 0 Å². The number of nitrogens with zero attached hydrogens (tertiary/aromatic N) is 1. The molecule has 0 spiro atoms. The van der Waals surface area contributed by atoms with Crippen LogP contribution in [-0.2, 0) is 17.9 Å². The zero-order valence-corrected chi connectivity index (χ0v) is 15.1. The molecule has 0 radical (unpaired) electrons. The van der Waals surface area contributed by atoms with Crippen LogP contribution in [0.4, 0.5) is 4.39 Å². The highest BCUT2D eigenvalue weighted by molar-refractivity contribution is 5.77. The van der Waals surface area contributed by atoms with E-state index < -0.39 is 5.91 Å². The Labute approximate surface area is 156 Å². The van der Waals surface area contributed by atoms with Crippen LogP contribution in [0, 0.1) is 5.82 Å². The monoisotopic (exact) mass is 374 g/mol. The first-order chi connectivity index (χ1) is 13.1. The highest BCUT2D eigenvalue weighted by atomic mass is 19.1. The Balaban J connectivity index is 1.48. The Hall–Kier alpha value is -2.67. The van der Waals surface area contributed by atoms with Gasteiger partial charge in [-0.1, -0.05) is 24.6 Å². The minimum atomic E-state index is -0.449. The molecule has 0 saturated carbocycles. The quantitative estimate of drug-likeness (QED) is 0.806. The van der Waals surface area contributed by atoms with Crippen LogP contribution < -0.4 is 15.5 Å². The van der Waals surface area contributed by atoms with Crippen molar-refractivity contribution in [1.82, 2.24) is 10.2 Å². The van der Waals surface area contributed by atoms with Gasteiger partial charge in [-0.15, -0.1) is 0 Å². The second kappa shape index (κ2) is 9.32. The maximum Gasteiger partial charge on any atom is 0.258 e. The van der Waals surface area contributed by atoms with Gasteiger partial charge in [-0.25, -0.2) is 4.39 Å². The van der Waals surface area contributed by atoms with Crippen molar-refractivity contribution in [3.05, 3.63) is 64.0 Å². The lowest BCUT2D eigenvalue weighted by Gasteiger charge is -2.25. The van der Waals surface area contributed by atoms with Crippen molar-refractivity contribution in [3.8, 4) is 5.75 Å². The van der Waals surface area contributed by atoms with Gasteiger partial charge in [0.2, 0.25) is 11.2 Å². The molecule has 0 atom stereocenters. The average molecular weight is 374 g/mol. The fourth-order valence-corrected chi connectivity index (χ4v) is 2.99. The number of hydrogen-bond donors (Lipinski definition) is 1. The maximum absolute atomic E-state index is 13.5. The number of carbonyl (C=O) groups excluding carboxylic acids is 1. The van der Waals surface area contributed by atoms with Crippen LogP contribution in [0.15, 0.2) is 45.8 Å². The largest absolute Gasteiger partial charge is 0.477 e. The van der Waals surface area contributed by atoms with Crippen LogP contribution in [-0.4, -0.2) is 30.5 Å². The molecule has 1 N–H and O–H groups in total. The molecule has 7 heteroatoms. The van der Waals surface area contributed by atoms with Crippen molar-refractivity contribution in [2.24, 2.45) is 0 Å². The van der Waals surface area contributed by atoms with Gasteiger partial charge in [0.25, 0.3) is 5.91 Å². The summed E-state index contributed by atoms with van der Waals surface area (Å²) < 4.78 is 24.2. The molecule has 2 heterocycles. The predicted molar refractivity (Wildman–Crippen MR) is 97.8 cm³/mol. The first kappa shape index (κ1) is 19.1. The minimum absolute atomic E-state index is 0.0153. The van der Waals surface area contributed by atoms with Gasteiger partial charge in [0.1, 0.15) is 17.8 Å². The van der Waals surface area contributed by atoms with Gasteiger partial charge in [0, 0.05) is 18.2 Å². The van der Waals surface area contributed by atoms with Crippen molar-refractivity contribution >= 4 is 5.91 Å². The molecule has 0 aliphatic carbocycles. The van der Waals surface area contributed by atoms with Gasteiger partial charge in [0.15, 0.2) is 6.61 Å². The van der Waals surface area contributed by atoms with E-state index in [2.05, 4.69) is 10.2 Å². The fraction of sp³-hybridized carbons (Fsp3) is 0.400. The molecule has 0 bridgehead atoms. The Morgan fingerprint density at radius 3 is 2.74 bits per heavy atom. The molecule has 1 aliphatic heterocycles. The van der Waals surface area contributed by atoms with Crippen molar-refractivity contribution in [2.45, 2.75) is 32.4 Å². The lowest BCUT2D eigenvalue weighted by atomic mass is 10.1. The van der Waals surface area contributed by atoms with Gasteiger partial charge < -0.3 is 14.5 Å². The third kappa shape index (κ3) is 5.65. The van der Waals surface area contributed by atoms with E-state index in [1.165, 1.54) is 24.8 Å². The number of piperidine rings is 1. The molecule has 3 rings (SSSR count). The molecule has 1 aromatic heterocycles. The van der Waals surface area contributed by atoms with Crippen LogP contribution in [0.1, 0.15) is 30.6 Å². The van der Waals surface area contributed by atoms with E-state index in [-0.39, 0.29) is 30.1 Å². The Morgan fingerprint density at radius 1 is 1.22 bits per heavy atom. The first-order valence-corrected chi connectivity index (χ1v) is 9.09. The number of carbonyl (C=O) groups is 1. The summed E-state index contributed by atoms with van der Waals surface area (Å²) in [4.78, 5) is 26.2. The van der Waals surface area contributed by atoms with E-state index in [4.69, 9.17) is 9.15 Å². The van der Waals surface area contributed by atoms with Crippen molar-refractivity contribution < 1.29 is 18.3 Å². The summed E-state index contributed by atoms with van der Waals surface area (Å²) in [7, 11) is 0. The van der Waals surface area contributed by atoms with Gasteiger partial charge in [-0.3, -0.25) is 14.5 Å². The van der Waals surface area contributed by atoms with Gasteiger partial charge in [-0.2, -0.15) is 0 Å². The molecule has 27 heavy (non-hydrogen) atoms. The lowest BCUT2D eigenvalue weighted by Crippen LogP contribution is -2.30. The molecular weight excluding hydrogens is 351 g/mol. The summed E-state index contributed by atoms with van der Waals surface area (Å²) in [6.07, 6.45) is 4.80. The second-order valence-electron chi connectivity index (χ2n) is 6.57. The van der Waals surface area contributed by atoms with Gasteiger partial charge >= 0.3 is 0 Å². The Bertz CT molecular complexity index is 831. The molecule has 0 unspecified atom stereocenters. The summed E-state index contributed by atoms with van der Waals surface area (Å²) in [5, 5.41) is 2.55. The summed E-state index contributed by atoms with van der Waals surface area (Å²) in [5.74, 6) is -0.268. The standard InChI is InChI=1S/C20H23FN2O4/c21-17-7-3-2-6-15(17)11-22-20(25)14-27-19-13-26-16(10-18(19)24)12-23-8-4-1-5-9-23/h2-3,6-7,10,13H,1,4-5,8-9,11-12,14H2,(H,22,25). The van der Waals surface area contributed by atoms with Crippen LogP contribution in [0.2, 0.25) is 0 Å². The normalized spacial score (nSPS) is 14.7. The number of nitrogens with one attached hydrogen (secondary N) is 1. The number of amides is 1. The van der Waals surface area contributed by atoms with Crippen LogP contribution in [0.25, 0.3) is 0 Å². The average Bonchev–Trinajstić information content (AvgIpc) is 2.67. The fourth-order valence-electron chi connectivity index (χ4n) is 2.99. The van der Waals surface area contributed by atoms with Crippen molar-refractivity contribution in [3.63, 3.8) is 0 Å². The molecule has 2 aromatic rings. The topological polar surface area (TPSA) is 71.8 Å².